The van der Waals surface area contributed by atoms with Crippen LogP contribution in [0.1, 0.15) is 6.92 Å². The van der Waals surface area contributed by atoms with Gasteiger partial charge in [-0.25, -0.2) is 4.79 Å². The van der Waals surface area contributed by atoms with Crippen molar-refractivity contribution in [2.45, 2.75) is 13.0 Å². The maximum atomic E-state index is 11.5. The number of ether oxygens (including phenoxy) is 1. The van der Waals surface area contributed by atoms with Crippen LogP contribution in [0.15, 0.2) is 0 Å². The van der Waals surface area contributed by atoms with Crippen LogP contribution in [0.3, 0.4) is 0 Å². The van der Waals surface area contributed by atoms with E-state index in [4.69, 9.17) is 0 Å². The van der Waals surface area contributed by atoms with Gasteiger partial charge >= 0.3 is 11.9 Å². The largest absolute Gasteiger partial charge is 0.462 e. The van der Waals surface area contributed by atoms with E-state index in [2.05, 4.69) is 16.6 Å². The van der Waals surface area contributed by atoms with Gasteiger partial charge in [0.25, 0.3) is 0 Å². The van der Waals surface area contributed by atoms with Gasteiger partial charge in [-0.15, -0.1) is 0 Å². The van der Waals surface area contributed by atoms with E-state index in [1.807, 2.05) is 14.1 Å². The highest BCUT2D eigenvalue weighted by Crippen LogP contribution is 2.19. The Morgan fingerprint density at radius 3 is 2.33 bits per heavy atom. The summed E-state index contributed by atoms with van der Waals surface area (Å²) in [4.78, 5) is 26.2. The summed E-state index contributed by atoms with van der Waals surface area (Å²) in [5, 5.41) is 0. The molecule has 0 saturated carbocycles. The third-order valence-electron chi connectivity index (χ3n) is 2.88. The molecule has 2 unspecified atom stereocenters. The van der Waals surface area contributed by atoms with Gasteiger partial charge < -0.3 is 14.5 Å². The fraction of sp³-hybridized carbons (Fsp3) is 0.800. The van der Waals surface area contributed by atoms with E-state index in [0.717, 1.165) is 0 Å². The molecule has 0 bridgehead atoms. The topological polar surface area (TPSA) is 49.9 Å². The van der Waals surface area contributed by atoms with Gasteiger partial charge in [0, 0.05) is 19.1 Å². The molecule has 1 amide bonds. The second kappa shape index (κ2) is 4.61. The van der Waals surface area contributed by atoms with Crippen LogP contribution in [0, 0.1) is 5.92 Å². The minimum Gasteiger partial charge on any atom is -0.462 e. The van der Waals surface area contributed by atoms with Crippen LogP contribution in [0.2, 0.25) is 0 Å². The summed E-state index contributed by atoms with van der Waals surface area (Å²) in [6.45, 7) is 3.30. The van der Waals surface area contributed by atoms with Crippen LogP contribution in [-0.4, -0.2) is 62.0 Å². The van der Waals surface area contributed by atoms with Crippen molar-refractivity contribution >= 4 is 11.9 Å². The Bertz CT molecular complexity index is 265. The Balaban J connectivity index is 2.62. The highest BCUT2D eigenvalue weighted by Gasteiger charge is 2.36. The molecule has 0 N–H and O–H groups in total. The monoisotopic (exact) mass is 214 g/mol. The molecule has 1 rings (SSSR count). The predicted molar refractivity (Wildman–Crippen MR) is 55.2 cm³/mol. The number of methoxy groups -OCH3 is 1. The molecular formula is C10H18N2O3. The first-order valence-corrected chi connectivity index (χ1v) is 5.01. The molecule has 1 saturated heterocycles. The second-order valence-electron chi connectivity index (χ2n) is 4.21. The Hall–Kier alpha value is -1.10. The zero-order valence-electron chi connectivity index (χ0n) is 9.69. The lowest BCUT2D eigenvalue weighted by Crippen LogP contribution is -2.38. The van der Waals surface area contributed by atoms with Crippen molar-refractivity contribution in [1.82, 2.24) is 9.80 Å². The lowest BCUT2D eigenvalue weighted by Gasteiger charge is -2.22. The van der Waals surface area contributed by atoms with Crippen molar-refractivity contribution in [3.63, 3.8) is 0 Å². The molecule has 1 fully saturated rings. The van der Waals surface area contributed by atoms with Crippen molar-refractivity contribution in [2.24, 2.45) is 5.92 Å². The van der Waals surface area contributed by atoms with Crippen LogP contribution >= 0.6 is 0 Å². The van der Waals surface area contributed by atoms with Gasteiger partial charge in [0.15, 0.2) is 0 Å². The standard InChI is InChI=1S/C10H18N2O3/c1-7-5-12(6-8(7)11(2)3)9(13)10(14)15-4/h7-8H,5-6H2,1-4H3. The molecular weight excluding hydrogens is 196 g/mol. The van der Waals surface area contributed by atoms with Crippen molar-refractivity contribution in [2.75, 3.05) is 34.3 Å². The van der Waals surface area contributed by atoms with E-state index < -0.39 is 11.9 Å². The number of nitrogens with zero attached hydrogens (tertiary/aromatic N) is 2. The molecule has 1 heterocycles. The zero-order valence-corrected chi connectivity index (χ0v) is 9.69. The maximum absolute atomic E-state index is 11.5. The number of likely N-dealkylation sites (tertiary alicyclic amines) is 1. The van der Waals surface area contributed by atoms with Crippen LogP contribution in [0.4, 0.5) is 0 Å². The highest BCUT2D eigenvalue weighted by molar-refractivity contribution is 6.32. The summed E-state index contributed by atoms with van der Waals surface area (Å²) in [6.07, 6.45) is 0. The minimum atomic E-state index is -0.776. The zero-order chi connectivity index (χ0) is 11.6. The molecule has 15 heavy (non-hydrogen) atoms. The number of hydrogen-bond donors (Lipinski definition) is 0. The summed E-state index contributed by atoms with van der Waals surface area (Å²) >= 11 is 0. The van der Waals surface area contributed by atoms with Crippen LogP contribution in [0.5, 0.6) is 0 Å². The van der Waals surface area contributed by atoms with Gasteiger partial charge in [-0.2, -0.15) is 0 Å². The Labute approximate surface area is 90.0 Å². The number of carbonyl (C=O) groups is 2. The van der Waals surface area contributed by atoms with Crippen LogP contribution < -0.4 is 0 Å². The van der Waals surface area contributed by atoms with E-state index >= 15 is 0 Å². The van der Waals surface area contributed by atoms with Gasteiger partial charge in [0.05, 0.1) is 7.11 Å². The maximum Gasteiger partial charge on any atom is 0.396 e. The van der Waals surface area contributed by atoms with Crippen molar-refractivity contribution in [1.29, 1.82) is 0 Å². The molecule has 2 atom stereocenters. The molecule has 0 aliphatic carbocycles. The first kappa shape index (κ1) is 12.0. The van der Waals surface area contributed by atoms with Gasteiger partial charge in [0.1, 0.15) is 0 Å². The lowest BCUT2D eigenvalue weighted by molar-refractivity contribution is -0.157. The normalized spacial score (nSPS) is 25.8. The van der Waals surface area contributed by atoms with E-state index in [0.29, 0.717) is 25.0 Å². The van der Waals surface area contributed by atoms with E-state index in [1.165, 1.54) is 7.11 Å². The van der Waals surface area contributed by atoms with Gasteiger partial charge in [-0.3, -0.25) is 4.79 Å². The first-order chi connectivity index (χ1) is 6.97. The average Bonchev–Trinajstić information content (AvgIpc) is 2.58. The molecule has 0 aromatic carbocycles. The van der Waals surface area contributed by atoms with Gasteiger partial charge in [-0.05, 0) is 20.0 Å². The van der Waals surface area contributed by atoms with E-state index in [-0.39, 0.29) is 0 Å². The van der Waals surface area contributed by atoms with Gasteiger partial charge in [0.2, 0.25) is 0 Å². The Kier molecular flexibility index (Phi) is 3.68. The average molecular weight is 214 g/mol. The van der Waals surface area contributed by atoms with Gasteiger partial charge in [-0.1, -0.05) is 6.92 Å². The third-order valence-corrected chi connectivity index (χ3v) is 2.88. The number of likely N-dealkylation sites (N-methyl/N-ethyl adjacent to an activating group) is 1. The number of hydrogen-bond acceptors (Lipinski definition) is 4. The highest BCUT2D eigenvalue weighted by atomic mass is 16.5. The fourth-order valence-electron chi connectivity index (χ4n) is 2.00. The van der Waals surface area contributed by atoms with Crippen molar-refractivity contribution in [3.8, 4) is 0 Å². The first-order valence-electron chi connectivity index (χ1n) is 5.01. The molecule has 1 aliphatic heterocycles. The molecule has 0 aromatic rings. The van der Waals surface area contributed by atoms with Crippen LogP contribution in [0.25, 0.3) is 0 Å². The van der Waals surface area contributed by atoms with Crippen molar-refractivity contribution < 1.29 is 14.3 Å². The molecule has 0 aromatic heterocycles. The molecule has 0 radical (unpaired) electrons. The Morgan fingerprint density at radius 1 is 1.33 bits per heavy atom. The summed E-state index contributed by atoms with van der Waals surface area (Å²) in [6, 6.07) is 0.318. The summed E-state index contributed by atoms with van der Waals surface area (Å²) in [7, 11) is 5.18. The Morgan fingerprint density at radius 2 is 1.93 bits per heavy atom. The van der Waals surface area contributed by atoms with E-state index in [9.17, 15) is 9.59 Å². The smallest absolute Gasteiger partial charge is 0.396 e. The number of amides is 1. The number of rotatable bonds is 1. The van der Waals surface area contributed by atoms with Crippen molar-refractivity contribution in [3.05, 3.63) is 0 Å². The third kappa shape index (κ3) is 2.47. The molecule has 5 nitrogen and oxygen atoms in total. The fourth-order valence-corrected chi connectivity index (χ4v) is 2.00. The quantitative estimate of drug-likeness (QED) is 0.439. The van der Waals surface area contributed by atoms with E-state index in [1.54, 1.807) is 4.90 Å². The van der Waals surface area contributed by atoms with Crippen LogP contribution in [-0.2, 0) is 14.3 Å². The predicted octanol–water partition coefficient (Wildman–Crippen LogP) is -0.432. The lowest BCUT2D eigenvalue weighted by atomic mass is 10.1. The SMILES string of the molecule is COC(=O)C(=O)N1CC(C)C(N(C)C)C1. The molecule has 86 valence electrons. The molecule has 1 aliphatic rings. The summed E-state index contributed by atoms with van der Waals surface area (Å²) in [5.41, 5.74) is 0. The molecule has 5 heteroatoms. The number of carbonyl (C=O) groups excluding carboxylic acids is 2. The minimum absolute atomic E-state index is 0.318. The second-order valence-corrected chi connectivity index (χ2v) is 4.21. The number of esters is 1. The summed E-state index contributed by atoms with van der Waals surface area (Å²) < 4.78 is 4.41. The summed E-state index contributed by atoms with van der Waals surface area (Å²) in [5.74, 6) is -0.927. The molecule has 0 spiro atoms.